The van der Waals surface area contributed by atoms with Gasteiger partial charge in [-0.15, -0.1) is 10.2 Å². The van der Waals surface area contributed by atoms with Crippen LogP contribution in [0.5, 0.6) is 0 Å². The van der Waals surface area contributed by atoms with Crippen molar-refractivity contribution in [3.63, 3.8) is 0 Å². The minimum absolute atomic E-state index is 0.145. The van der Waals surface area contributed by atoms with Gasteiger partial charge in [-0.1, -0.05) is 48.6 Å². The highest BCUT2D eigenvalue weighted by Crippen LogP contribution is 2.40. The summed E-state index contributed by atoms with van der Waals surface area (Å²) in [6, 6.07) is 10.6. The Morgan fingerprint density at radius 1 is 1.29 bits per heavy atom. The summed E-state index contributed by atoms with van der Waals surface area (Å²) >= 11 is 1.64. The molecule has 0 bridgehead atoms. The summed E-state index contributed by atoms with van der Waals surface area (Å²) in [5.74, 6) is 0.459. The van der Waals surface area contributed by atoms with Gasteiger partial charge in [-0.05, 0) is 30.7 Å². The minimum Gasteiger partial charge on any atom is -0.393 e. The number of nitrogens with zero attached hydrogens (tertiary/aromatic N) is 2. The van der Waals surface area contributed by atoms with Gasteiger partial charge in [-0.2, -0.15) is 0 Å². The largest absolute Gasteiger partial charge is 0.393 e. The second-order valence-corrected chi connectivity index (χ2v) is 6.73. The maximum Gasteiger partial charge on any atom is 0.206 e. The molecule has 112 valence electrons. The average molecular weight is 303 g/mol. The zero-order valence-electron chi connectivity index (χ0n) is 12.2. The van der Waals surface area contributed by atoms with Crippen LogP contribution in [-0.2, 0) is 6.42 Å². The maximum atomic E-state index is 9.60. The molecule has 21 heavy (non-hydrogen) atoms. The van der Waals surface area contributed by atoms with Gasteiger partial charge in [0.05, 0.1) is 12.1 Å². The van der Waals surface area contributed by atoms with Gasteiger partial charge >= 0.3 is 0 Å². The first-order chi connectivity index (χ1) is 10.3. The highest BCUT2D eigenvalue weighted by atomic mass is 32.1. The third kappa shape index (κ3) is 3.41. The molecule has 0 amide bonds. The van der Waals surface area contributed by atoms with Crippen molar-refractivity contribution in [1.82, 2.24) is 10.2 Å². The topological polar surface area (TPSA) is 58.0 Å². The first-order valence-electron chi connectivity index (χ1n) is 7.58. The van der Waals surface area contributed by atoms with Gasteiger partial charge < -0.3 is 10.4 Å². The van der Waals surface area contributed by atoms with Gasteiger partial charge in [0.15, 0.2) is 0 Å². The van der Waals surface area contributed by atoms with E-state index in [1.165, 1.54) is 5.56 Å². The number of rotatable bonds is 6. The zero-order valence-corrected chi connectivity index (χ0v) is 13.0. The van der Waals surface area contributed by atoms with Crippen molar-refractivity contribution in [1.29, 1.82) is 0 Å². The smallest absolute Gasteiger partial charge is 0.206 e. The number of hydrogen-bond acceptors (Lipinski definition) is 5. The van der Waals surface area contributed by atoms with E-state index in [0.717, 1.165) is 35.8 Å². The van der Waals surface area contributed by atoms with Crippen LogP contribution in [0.1, 0.15) is 42.8 Å². The number of aliphatic hydroxyl groups excluding tert-OH is 1. The minimum atomic E-state index is -0.145. The van der Waals surface area contributed by atoms with Crippen LogP contribution >= 0.6 is 11.3 Å². The van der Waals surface area contributed by atoms with Crippen LogP contribution in [-0.4, -0.2) is 21.4 Å². The first-order valence-corrected chi connectivity index (χ1v) is 8.40. The third-order valence-electron chi connectivity index (χ3n) is 3.99. The molecular formula is C16H21N3OS. The van der Waals surface area contributed by atoms with E-state index < -0.39 is 0 Å². The fourth-order valence-electron chi connectivity index (χ4n) is 2.80. The molecule has 1 aliphatic carbocycles. The lowest BCUT2D eigenvalue weighted by Gasteiger charge is -2.38. The van der Waals surface area contributed by atoms with Gasteiger partial charge in [0.2, 0.25) is 5.13 Å². The summed E-state index contributed by atoms with van der Waals surface area (Å²) in [5.41, 5.74) is 1.25. The van der Waals surface area contributed by atoms with Crippen molar-refractivity contribution in [2.45, 2.75) is 44.8 Å². The van der Waals surface area contributed by atoms with Crippen molar-refractivity contribution < 1.29 is 5.11 Å². The summed E-state index contributed by atoms with van der Waals surface area (Å²) in [4.78, 5) is 0. The second kappa shape index (κ2) is 6.54. The van der Waals surface area contributed by atoms with E-state index in [4.69, 9.17) is 0 Å². The third-order valence-corrected chi connectivity index (χ3v) is 4.90. The molecule has 3 rings (SSSR count). The Hall–Kier alpha value is -1.46. The molecular weight excluding hydrogens is 282 g/mol. The molecule has 5 heteroatoms. The summed E-state index contributed by atoms with van der Waals surface area (Å²) in [6.07, 6.45) is 3.64. The van der Waals surface area contributed by atoms with Crippen LogP contribution in [0.4, 0.5) is 5.13 Å². The van der Waals surface area contributed by atoms with Crippen molar-refractivity contribution in [3.05, 3.63) is 40.9 Å². The molecule has 0 spiro atoms. The number of aryl methyl sites for hydroxylation is 1. The Morgan fingerprint density at radius 2 is 2.05 bits per heavy atom. The highest BCUT2D eigenvalue weighted by molar-refractivity contribution is 7.15. The molecule has 1 atom stereocenters. The van der Waals surface area contributed by atoms with E-state index in [0.29, 0.717) is 5.92 Å². The second-order valence-electron chi connectivity index (χ2n) is 5.67. The van der Waals surface area contributed by atoms with Gasteiger partial charge in [0, 0.05) is 6.42 Å². The summed E-state index contributed by atoms with van der Waals surface area (Å²) in [7, 11) is 0. The Bertz CT molecular complexity index is 566. The molecule has 1 aromatic heterocycles. The molecule has 2 aromatic rings. The Labute approximate surface area is 129 Å². The number of nitrogens with one attached hydrogen (secondary N) is 1. The van der Waals surface area contributed by atoms with Crippen LogP contribution in [0.15, 0.2) is 30.3 Å². The Kier molecular flexibility index (Phi) is 4.51. The average Bonchev–Trinajstić information content (AvgIpc) is 2.91. The summed E-state index contributed by atoms with van der Waals surface area (Å²) in [5, 5.41) is 23.6. The molecule has 1 unspecified atom stereocenters. The van der Waals surface area contributed by atoms with E-state index in [9.17, 15) is 5.11 Å². The fraction of sp³-hybridized carbons (Fsp3) is 0.500. The number of hydrogen-bond donors (Lipinski definition) is 2. The molecule has 0 radical (unpaired) electrons. The number of aromatic nitrogens is 2. The molecule has 2 N–H and O–H groups in total. The Morgan fingerprint density at radius 3 is 2.71 bits per heavy atom. The number of anilines is 1. The summed E-state index contributed by atoms with van der Waals surface area (Å²) in [6.45, 7) is 2.15. The van der Waals surface area contributed by atoms with Crippen LogP contribution in [0.2, 0.25) is 0 Å². The predicted molar refractivity (Wildman–Crippen MR) is 85.4 cm³/mol. The number of benzene rings is 1. The van der Waals surface area contributed by atoms with Gasteiger partial charge in [-0.3, -0.25) is 0 Å². The van der Waals surface area contributed by atoms with Crippen LogP contribution in [0.25, 0.3) is 0 Å². The van der Waals surface area contributed by atoms with Crippen molar-refractivity contribution in [2.24, 2.45) is 5.92 Å². The SMILES string of the molecule is CCCc1nnc(NC(c2ccccc2)C2CC(O)C2)s1. The van der Waals surface area contributed by atoms with E-state index in [1.807, 2.05) is 6.07 Å². The molecule has 0 aliphatic heterocycles. The lowest BCUT2D eigenvalue weighted by molar-refractivity contribution is 0.0340. The molecule has 1 aromatic carbocycles. The lowest BCUT2D eigenvalue weighted by atomic mass is 9.75. The quantitative estimate of drug-likeness (QED) is 0.858. The van der Waals surface area contributed by atoms with Crippen LogP contribution in [0, 0.1) is 5.92 Å². The molecule has 1 fully saturated rings. The molecule has 1 heterocycles. The highest BCUT2D eigenvalue weighted by Gasteiger charge is 2.35. The van der Waals surface area contributed by atoms with Crippen molar-refractivity contribution in [2.75, 3.05) is 5.32 Å². The van der Waals surface area contributed by atoms with Gasteiger partial charge in [0.25, 0.3) is 0 Å². The lowest BCUT2D eigenvalue weighted by Crippen LogP contribution is -2.35. The zero-order chi connectivity index (χ0) is 14.7. The van der Waals surface area contributed by atoms with E-state index in [-0.39, 0.29) is 12.1 Å². The summed E-state index contributed by atoms with van der Waals surface area (Å²) < 4.78 is 0. The van der Waals surface area contributed by atoms with Crippen molar-refractivity contribution in [3.8, 4) is 0 Å². The first kappa shape index (κ1) is 14.5. The Balaban J connectivity index is 1.75. The standard InChI is InChI=1S/C16H21N3OS/c1-2-6-14-18-19-16(21-14)17-15(12-9-13(20)10-12)11-7-4-3-5-8-11/h3-5,7-8,12-13,15,20H,2,6,9-10H2,1H3,(H,17,19). The van der Waals surface area contributed by atoms with Gasteiger partial charge in [-0.25, -0.2) is 0 Å². The normalized spacial score (nSPS) is 22.6. The van der Waals surface area contributed by atoms with E-state index in [2.05, 4.69) is 46.7 Å². The van der Waals surface area contributed by atoms with E-state index >= 15 is 0 Å². The molecule has 0 saturated heterocycles. The van der Waals surface area contributed by atoms with Crippen LogP contribution in [0.3, 0.4) is 0 Å². The van der Waals surface area contributed by atoms with Crippen molar-refractivity contribution >= 4 is 16.5 Å². The number of aliphatic hydroxyl groups is 1. The van der Waals surface area contributed by atoms with Gasteiger partial charge in [0.1, 0.15) is 5.01 Å². The molecule has 1 aliphatic rings. The monoisotopic (exact) mass is 303 g/mol. The van der Waals surface area contributed by atoms with E-state index in [1.54, 1.807) is 11.3 Å². The van der Waals surface area contributed by atoms with Crippen LogP contribution < -0.4 is 5.32 Å². The molecule has 1 saturated carbocycles. The predicted octanol–water partition coefficient (Wildman–Crippen LogP) is 3.41. The maximum absolute atomic E-state index is 9.60. The fourth-order valence-corrected chi connectivity index (χ4v) is 3.67. The molecule has 4 nitrogen and oxygen atoms in total.